The molecule has 8 heterocycles. The minimum atomic E-state index is -5.28. The van der Waals surface area contributed by atoms with E-state index in [1.54, 1.807) is 18.2 Å². The van der Waals surface area contributed by atoms with Crippen LogP contribution in [0.1, 0.15) is 259 Å². The van der Waals surface area contributed by atoms with Crippen LogP contribution >= 0.6 is 0 Å². The molecule has 150 heavy (non-hydrogen) atoms. The Morgan fingerprint density at radius 2 is 1.12 bits per heavy atom. The fraction of sp³-hybridized carbons (Fsp3) is 0.745. The Kier molecular flexibility index (Phi) is 48.4. The van der Waals surface area contributed by atoms with Gasteiger partial charge in [-0.2, -0.15) is 16.8 Å². The number of rotatable bonds is 60. The SMILES string of the molecule is CCCCCCCCCCCCC/C=C/[C@@H](O)[C@H](CO[C@@H]1O[C@H](CO)[C@@H](O[C@@H]2O[C@H](CO)[C@H](O[C@@H]3O[C@H](CO)[C@H](O)[C@H](O[C@@H]4O[C@H](CO)[C@H](O)[C@H](O)[C@H]4O)[C@H]3NC(C)=O)[C@H](O[C@]3(C(=O)O)C[C@H](O)[C@@H](NC(=O)OCCN(C)C(=O)c4ccccc4C4=c5cc6c(c(S(=O)(=O)O)c5Oc5c4cc4c(c5S(=O)(=O)O)NCCC4)=NCCC6)[C@H]([C@H](O)[C@H](O)CO)O3)[C@H]2O)[C@H](O)[C@H]1O)NC(=O)CCCCCCCCCCCCCCCCCC. The maximum atomic E-state index is 15.1. The predicted octanol–water partition coefficient (Wildman–Crippen LogP) is 1.48. The summed E-state index contributed by atoms with van der Waals surface area (Å²) in [6, 6.07) is 3.51. The smallest absolute Gasteiger partial charge is 0.407 e. The molecule has 5 saturated heterocycles. The molecule has 0 aliphatic carbocycles. The average Bonchev–Trinajstić information content (AvgIpc) is 0.710. The molecular formula is C102H158N6O40S2. The fourth-order valence-electron chi connectivity index (χ4n) is 20.6. The zero-order chi connectivity index (χ0) is 109. The third kappa shape index (κ3) is 32.0. The first kappa shape index (κ1) is 123. The molecule has 0 saturated carbocycles. The number of aliphatic hydroxyl groups excluding tert-OH is 16. The number of carboxylic acids is 1. The van der Waals surface area contributed by atoms with Crippen LogP contribution in [0, 0.1) is 0 Å². The monoisotopic (exact) mass is 2170 g/mol. The van der Waals surface area contributed by atoms with E-state index < -0.39 is 302 Å². The number of carboxylic acid groups (broad SMARTS) is 1. The largest absolute Gasteiger partial charge is 0.477 e. The average molecular weight is 2170 g/mol. The summed E-state index contributed by atoms with van der Waals surface area (Å²) in [7, 11) is -9.28. The van der Waals surface area contributed by atoms with Crippen molar-refractivity contribution in [2.24, 2.45) is 4.99 Å². The zero-order valence-electron chi connectivity index (χ0n) is 85.6. The van der Waals surface area contributed by atoms with Gasteiger partial charge >= 0.3 is 12.1 Å². The number of nitrogens with zero attached hydrogens (tertiary/aromatic N) is 2. The second kappa shape index (κ2) is 59.1. The number of fused-ring (bicyclic) bond motifs is 4. The standard InChI is InChI=1S/C102H158N6O40S2/c1-5-7-9-11-13-15-17-19-20-21-23-25-27-29-31-33-43-72(118)106-64(65(115)42-32-30-28-26-24-22-18-16-14-12-10-8-6-2)56-138-97-84(125)82(123)88(70(54-112)141-97)144-99-85(126)92(89(71(55-113)142-99)145-96-77(105-57(3)114)90(80(121)69(53-111)139-96)146-98-83(124)81(122)79(120)68(52-110)140-98)148-102(100(128)129)50-66(116)76(91(147-102)78(119)67(117)51-109)107-101(130)137-47-46-108(4)95(127)61-41-35-34-40-60(61)73-62-48-58-38-36-44-103-74(58)93(149(131,132)133)86(62)143-87-63(73)49-59-39-37-45-104-75(59)94(87)150(134,135)136/h32,34-35,40-42,48-49,64-71,76-85,88-92,96-99,103,109-113,115-117,119-126H,5-31,33,36-39,43-47,50-56H2,1-4H3,(H,105,114)(H,106,118)(H,107,130)(H,128,129)(H,131,132,133)(H,134,135,136)/b42-32+/t64-,65+,66-,67+,68+,69+,70+,71+,76+,77+,78+,79-,80-,81-,82+,83+,84+,85+,88+,89-,90+,91+,92+,96-,97+,98-,99-,102-/m0/s1. The Balaban J connectivity index is 0.838. The van der Waals surface area contributed by atoms with Gasteiger partial charge < -0.3 is 170 Å². The summed E-state index contributed by atoms with van der Waals surface area (Å²) in [5.41, 5.74) is 0.528. The highest BCUT2D eigenvalue weighted by Gasteiger charge is 2.63. The highest BCUT2D eigenvalue weighted by Crippen LogP contribution is 2.49. The number of alkyl carbamates (subject to hydrolysis) is 1. The number of hydrogen-bond acceptors (Lipinski definition) is 39. The number of ether oxygens (including phenoxy) is 12. The van der Waals surface area contributed by atoms with Gasteiger partial charge in [-0.15, -0.1) is 0 Å². The van der Waals surface area contributed by atoms with Crippen LogP contribution < -0.4 is 36.6 Å². The van der Waals surface area contributed by atoms with Crippen LogP contribution in [0.25, 0.3) is 5.57 Å². The molecule has 0 aromatic heterocycles. The number of nitrogens with one attached hydrogen (secondary N) is 4. The zero-order valence-corrected chi connectivity index (χ0v) is 87.2. The molecule has 4 amide bonds. The molecule has 3 aromatic rings. The van der Waals surface area contributed by atoms with Gasteiger partial charge in [0.1, 0.15) is 123 Å². The molecule has 46 nitrogen and oxygen atoms in total. The van der Waals surface area contributed by atoms with Crippen molar-refractivity contribution in [2.45, 2.75) is 420 Å². The number of anilines is 1. The Hall–Kier alpha value is -7.40. The summed E-state index contributed by atoms with van der Waals surface area (Å²) >= 11 is 0. The molecule has 0 unspecified atom stereocenters. The van der Waals surface area contributed by atoms with Gasteiger partial charge in [0.05, 0.1) is 81.5 Å². The van der Waals surface area contributed by atoms with E-state index in [-0.39, 0.29) is 70.9 Å². The number of aliphatic hydroxyl groups is 16. The summed E-state index contributed by atoms with van der Waals surface area (Å²) in [5, 5.41) is 206. The molecule has 28 atom stereocenters. The van der Waals surface area contributed by atoms with Crippen molar-refractivity contribution < 1.29 is 194 Å². The maximum absolute atomic E-state index is 15.1. The van der Waals surface area contributed by atoms with Gasteiger partial charge in [0.25, 0.3) is 31.9 Å². The molecule has 5 fully saturated rings. The number of carbonyl (C=O) groups is 5. The van der Waals surface area contributed by atoms with Crippen molar-refractivity contribution in [2.75, 3.05) is 78.2 Å². The first-order chi connectivity index (χ1) is 71.8. The molecule has 0 radical (unpaired) electrons. The highest BCUT2D eigenvalue weighted by atomic mass is 32.2. The van der Waals surface area contributed by atoms with Gasteiger partial charge in [-0.05, 0) is 79.8 Å². The summed E-state index contributed by atoms with van der Waals surface area (Å²) in [6.45, 7) is -2.20. The van der Waals surface area contributed by atoms with E-state index in [1.807, 2.05) is 0 Å². The van der Waals surface area contributed by atoms with E-state index in [2.05, 4.69) is 40.1 Å². The number of likely N-dealkylation sites (N-methyl/N-ethyl adjacent to an activating group) is 1. The van der Waals surface area contributed by atoms with Crippen molar-refractivity contribution in [3.05, 3.63) is 86.9 Å². The lowest BCUT2D eigenvalue weighted by atomic mass is 9.86. The molecule has 23 N–H and O–H groups in total. The maximum Gasteiger partial charge on any atom is 0.407 e. The summed E-state index contributed by atoms with van der Waals surface area (Å²) in [4.78, 5) is 75.0. The highest BCUT2D eigenvalue weighted by molar-refractivity contribution is 7.86. The van der Waals surface area contributed by atoms with Gasteiger partial charge in [-0.1, -0.05) is 205 Å². The third-order valence-corrected chi connectivity index (χ3v) is 30.6. The van der Waals surface area contributed by atoms with E-state index in [4.69, 9.17) is 56.8 Å². The van der Waals surface area contributed by atoms with Gasteiger partial charge in [0, 0.05) is 61.8 Å². The van der Waals surface area contributed by atoms with Crippen molar-refractivity contribution in [3.63, 3.8) is 0 Å². The van der Waals surface area contributed by atoms with Gasteiger partial charge in [0.15, 0.2) is 46.5 Å². The third-order valence-electron chi connectivity index (χ3n) is 28.8. The van der Waals surface area contributed by atoms with Crippen LogP contribution in [0.4, 0.5) is 10.5 Å². The summed E-state index contributed by atoms with van der Waals surface area (Å²) in [5.74, 6) is -9.33. The minimum Gasteiger partial charge on any atom is -0.477 e. The summed E-state index contributed by atoms with van der Waals surface area (Å²) < 4.78 is 149. The quantitative estimate of drug-likeness (QED) is 0.0169. The van der Waals surface area contributed by atoms with Crippen molar-refractivity contribution in [1.82, 2.24) is 20.9 Å². The molecule has 3 aromatic carbocycles. The second-order valence-electron chi connectivity index (χ2n) is 40.1. The fourth-order valence-corrected chi connectivity index (χ4v) is 22.3. The van der Waals surface area contributed by atoms with Crippen molar-refractivity contribution in [1.29, 1.82) is 0 Å². The van der Waals surface area contributed by atoms with Crippen LogP contribution in [-0.2, 0) is 99.6 Å². The summed E-state index contributed by atoms with van der Waals surface area (Å²) in [6.07, 6.45) is -20.0. The number of allylic oxidation sites excluding steroid dienone is 1. The van der Waals surface area contributed by atoms with Gasteiger partial charge in [-0.3, -0.25) is 28.5 Å². The first-order valence-electron chi connectivity index (χ1n) is 53.0. The van der Waals surface area contributed by atoms with Crippen LogP contribution in [0.5, 0.6) is 11.5 Å². The lowest BCUT2D eigenvalue weighted by Crippen LogP contribution is -2.72. The number of aryl methyl sites for hydroxylation is 2. The normalized spacial score (nSPS) is 29.2. The minimum absolute atomic E-state index is 0.00807. The first-order valence-corrected chi connectivity index (χ1v) is 55.8. The van der Waals surface area contributed by atoms with Crippen LogP contribution in [0.2, 0.25) is 0 Å². The van der Waals surface area contributed by atoms with Crippen LogP contribution in [0.3, 0.4) is 0 Å². The number of unbranched alkanes of at least 4 members (excludes halogenated alkanes) is 26. The van der Waals surface area contributed by atoms with E-state index in [9.17, 15) is 132 Å². The van der Waals surface area contributed by atoms with E-state index in [0.717, 1.165) is 76.0 Å². The van der Waals surface area contributed by atoms with E-state index in [1.165, 1.54) is 140 Å². The van der Waals surface area contributed by atoms with Crippen molar-refractivity contribution in [3.8, 4) is 11.5 Å². The molecule has 48 heteroatoms. The molecule has 0 spiro atoms. The Morgan fingerprint density at radius 3 is 1.71 bits per heavy atom. The lowest BCUT2D eigenvalue weighted by Gasteiger charge is -2.52. The van der Waals surface area contributed by atoms with Crippen molar-refractivity contribution >= 4 is 61.3 Å². The van der Waals surface area contributed by atoms with E-state index >= 15 is 4.79 Å². The Morgan fingerprint density at radius 1 is 0.580 bits per heavy atom. The lowest BCUT2D eigenvalue weighted by molar-refractivity contribution is -0.403. The molecular weight excluding hydrogens is 2010 g/mol. The number of hydrogen-bond donors (Lipinski definition) is 23. The predicted molar refractivity (Wildman–Crippen MR) is 532 cm³/mol. The number of amides is 4. The van der Waals surface area contributed by atoms with Gasteiger partial charge in [-0.25, -0.2) is 9.59 Å². The van der Waals surface area contributed by atoms with E-state index in [0.29, 0.717) is 36.8 Å². The molecule has 8 aliphatic heterocycles. The number of aliphatic carboxylic acids is 1. The molecule has 0 bridgehead atoms. The molecule has 11 rings (SSSR count). The second-order valence-corrected chi connectivity index (χ2v) is 42.8. The topological polar surface area (TPSA) is 712 Å². The number of benzene rings is 3. The molecule has 848 valence electrons. The Labute approximate surface area is 873 Å². The van der Waals surface area contributed by atoms with Crippen LogP contribution in [0.15, 0.2) is 63.3 Å². The Bertz CT molecular complexity index is 5210. The molecule has 8 aliphatic rings. The van der Waals surface area contributed by atoms with Crippen LogP contribution in [-0.4, -0.2) is 392 Å². The van der Waals surface area contributed by atoms with Gasteiger partial charge in [0.2, 0.25) is 11.8 Å². The number of carbonyl (C=O) groups excluding carboxylic acids is 4.